The number of nitrogens with zero attached hydrogens (tertiary/aromatic N) is 1. The molecular formula is C11H23NO2. The highest BCUT2D eigenvalue weighted by Gasteiger charge is 2.19. The summed E-state index contributed by atoms with van der Waals surface area (Å²) in [6, 6.07) is 0. The number of aliphatic hydroxyl groups excluding tert-OH is 1. The van der Waals surface area contributed by atoms with Gasteiger partial charge in [-0.3, -0.25) is 4.90 Å². The highest BCUT2D eigenvalue weighted by atomic mass is 16.5. The first-order chi connectivity index (χ1) is 6.68. The lowest BCUT2D eigenvalue weighted by molar-refractivity contribution is 0.0972. The van der Waals surface area contributed by atoms with Crippen LogP contribution in [0.1, 0.15) is 26.7 Å². The molecule has 0 amide bonds. The minimum absolute atomic E-state index is 0.106. The molecule has 1 saturated heterocycles. The summed E-state index contributed by atoms with van der Waals surface area (Å²) in [6.45, 7) is 8.91. The highest BCUT2D eigenvalue weighted by molar-refractivity contribution is 4.73. The Hall–Kier alpha value is -0.120. The second kappa shape index (κ2) is 6.38. The van der Waals surface area contributed by atoms with Crippen molar-refractivity contribution in [3.8, 4) is 0 Å². The smallest absolute Gasteiger partial charge is 0.0679 e. The van der Waals surface area contributed by atoms with Crippen LogP contribution in [0.4, 0.5) is 0 Å². The lowest BCUT2D eigenvalue weighted by Gasteiger charge is -2.14. The fraction of sp³-hybridized carbons (Fsp3) is 1.00. The molecule has 1 heterocycles. The molecule has 3 nitrogen and oxygen atoms in total. The van der Waals surface area contributed by atoms with Gasteiger partial charge in [0.2, 0.25) is 0 Å². The summed E-state index contributed by atoms with van der Waals surface area (Å²) in [6.07, 6.45) is 1.96. The van der Waals surface area contributed by atoms with Crippen LogP contribution in [0.5, 0.6) is 0 Å². The summed E-state index contributed by atoms with van der Waals surface area (Å²) in [5, 5.41) is 9.29. The largest absolute Gasteiger partial charge is 0.392 e. The molecular weight excluding hydrogens is 178 g/mol. The second-order valence-electron chi connectivity index (χ2n) is 4.54. The van der Waals surface area contributed by atoms with E-state index in [4.69, 9.17) is 4.74 Å². The van der Waals surface area contributed by atoms with Gasteiger partial charge in [-0.15, -0.1) is 0 Å². The fourth-order valence-electron chi connectivity index (χ4n) is 1.63. The number of hydrogen-bond donors (Lipinski definition) is 1. The molecule has 0 saturated carbocycles. The Balaban J connectivity index is 1.89. The summed E-state index contributed by atoms with van der Waals surface area (Å²) in [7, 11) is 0. The van der Waals surface area contributed by atoms with Crippen molar-refractivity contribution in [3.63, 3.8) is 0 Å². The van der Waals surface area contributed by atoms with Crippen molar-refractivity contribution in [2.45, 2.75) is 32.8 Å². The van der Waals surface area contributed by atoms with E-state index in [0.717, 1.165) is 51.6 Å². The van der Waals surface area contributed by atoms with Gasteiger partial charge in [-0.2, -0.15) is 0 Å². The summed E-state index contributed by atoms with van der Waals surface area (Å²) in [5.74, 6) is 0.726. The predicted octanol–water partition coefficient (Wildman–Crippen LogP) is 1.12. The minimum Gasteiger partial charge on any atom is -0.392 e. The standard InChI is InChI=1S/C11H23NO2/c1-10(2)4-7-14-8-6-12-5-3-11(13)9-12/h10-11,13H,3-9H2,1-2H3. The first-order valence-corrected chi connectivity index (χ1v) is 5.66. The molecule has 1 aliphatic heterocycles. The Morgan fingerprint density at radius 3 is 2.79 bits per heavy atom. The number of ether oxygens (including phenoxy) is 1. The third-order valence-corrected chi connectivity index (χ3v) is 2.64. The molecule has 1 fully saturated rings. The molecule has 0 radical (unpaired) electrons. The quantitative estimate of drug-likeness (QED) is 0.654. The van der Waals surface area contributed by atoms with E-state index in [1.165, 1.54) is 0 Å². The van der Waals surface area contributed by atoms with Gasteiger partial charge in [0.25, 0.3) is 0 Å². The average molecular weight is 201 g/mol. The molecule has 0 spiro atoms. The zero-order valence-electron chi connectivity index (χ0n) is 9.41. The van der Waals surface area contributed by atoms with Crippen LogP contribution in [-0.4, -0.2) is 49.0 Å². The van der Waals surface area contributed by atoms with Gasteiger partial charge in [0, 0.05) is 26.2 Å². The van der Waals surface area contributed by atoms with E-state index in [1.807, 2.05) is 0 Å². The number of β-amino-alcohol motifs (C(OH)–C–C–N with tert-alkyl or cyclic N) is 1. The van der Waals surface area contributed by atoms with Gasteiger partial charge in [-0.25, -0.2) is 0 Å². The maximum Gasteiger partial charge on any atom is 0.0679 e. The molecule has 1 rings (SSSR count). The monoisotopic (exact) mass is 201 g/mol. The Morgan fingerprint density at radius 1 is 1.43 bits per heavy atom. The Bertz CT molecular complexity index is 150. The maximum atomic E-state index is 9.29. The Morgan fingerprint density at radius 2 is 2.21 bits per heavy atom. The number of likely N-dealkylation sites (tertiary alicyclic amines) is 1. The van der Waals surface area contributed by atoms with Crippen molar-refractivity contribution in [3.05, 3.63) is 0 Å². The molecule has 1 N–H and O–H groups in total. The Labute approximate surface area is 87.1 Å². The van der Waals surface area contributed by atoms with Crippen molar-refractivity contribution in [2.75, 3.05) is 32.8 Å². The summed E-state index contributed by atoms with van der Waals surface area (Å²) >= 11 is 0. The topological polar surface area (TPSA) is 32.7 Å². The summed E-state index contributed by atoms with van der Waals surface area (Å²) in [5.41, 5.74) is 0. The van der Waals surface area contributed by atoms with Crippen molar-refractivity contribution >= 4 is 0 Å². The molecule has 3 heteroatoms. The minimum atomic E-state index is -0.106. The number of aliphatic hydroxyl groups is 1. The van der Waals surface area contributed by atoms with Crippen LogP contribution in [0.25, 0.3) is 0 Å². The molecule has 1 aliphatic rings. The van der Waals surface area contributed by atoms with E-state index >= 15 is 0 Å². The van der Waals surface area contributed by atoms with Crippen LogP contribution in [0.15, 0.2) is 0 Å². The van der Waals surface area contributed by atoms with Gasteiger partial charge in [0.05, 0.1) is 12.7 Å². The van der Waals surface area contributed by atoms with Crippen molar-refractivity contribution < 1.29 is 9.84 Å². The van der Waals surface area contributed by atoms with E-state index in [0.29, 0.717) is 0 Å². The van der Waals surface area contributed by atoms with Crippen LogP contribution in [0.2, 0.25) is 0 Å². The van der Waals surface area contributed by atoms with E-state index in [1.54, 1.807) is 0 Å². The van der Waals surface area contributed by atoms with Gasteiger partial charge in [-0.05, 0) is 18.8 Å². The first kappa shape index (κ1) is 12.0. The molecule has 14 heavy (non-hydrogen) atoms. The van der Waals surface area contributed by atoms with Gasteiger partial charge in [0.15, 0.2) is 0 Å². The van der Waals surface area contributed by atoms with E-state index < -0.39 is 0 Å². The third-order valence-electron chi connectivity index (χ3n) is 2.64. The van der Waals surface area contributed by atoms with Gasteiger partial charge >= 0.3 is 0 Å². The van der Waals surface area contributed by atoms with Gasteiger partial charge < -0.3 is 9.84 Å². The van der Waals surface area contributed by atoms with Crippen LogP contribution in [-0.2, 0) is 4.74 Å². The molecule has 0 aromatic heterocycles. The van der Waals surface area contributed by atoms with Crippen LogP contribution in [0, 0.1) is 5.92 Å². The normalized spacial score (nSPS) is 23.6. The lowest BCUT2D eigenvalue weighted by Crippen LogP contribution is -2.26. The second-order valence-corrected chi connectivity index (χ2v) is 4.54. The van der Waals surface area contributed by atoms with Crippen LogP contribution in [0.3, 0.4) is 0 Å². The zero-order valence-corrected chi connectivity index (χ0v) is 9.41. The van der Waals surface area contributed by atoms with Crippen molar-refractivity contribution in [2.24, 2.45) is 5.92 Å². The van der Waals surface area contributed by atoms with E-state index in [2.05, 4.69) is 18.7 Å². The lowest BCUT2D eigenvalue weighted by atomic mass is 10.1. The zero-order chi connectivity index (χ0) is 10.4. The number of hydrogen-bond acceptors (Lipinski definition) is 3. The molecule has 84 valence electrons. The summed E-state index contributed by atoms with van der Waals surface area (Å²) in [4.78, 5) is 2.26. The molecule has 0 aromatic rings. The summed E-state index contributed by atoms with van der Waals surface area (Å²) < 4.78 is 5.52. The highest BCUT2D eigenvalue weighted by Crippen LogP contribution is 2.07. The van der Waals surface area contributed by atoms with E-state index in [-0.39, 0.29) is 6.10 Å². The Kier molecular flexibility index (Phi) is 5.45. The van der Waals surface area contributed by atoms with Gasteiger partial charge in [-0.1, -0.05) is 13.8 Å². The molecule has 0 aromatic carbocycles. The average Bonchev–Trinajstić information content (AvgIpc) is 2.50. The predicted molar refractivity (Wildman–Crippen MR) is 57.3 cm³/mol. The fourth-order valence-corrected chi connectivity index (χ4v) is 1.63. The van der Waals surface area contributed by atoms with Crippen molar-refractivity contribution in [1.29, 1.82) is 0 Å². The molecule has 1 unspecified atom stereocenters. The number of rotatable bonds is 6. The first-order valence-electron chi connectivity index (χ1n) is 5.66. The van der Waals surface area contributed by atoms with Crippen LogP contribution < -0.4 is 0 Å². The third kappa shape index (κ3) is 4.94. The maximum absolute atomic E-state index is 9.29. The molecule has 0 bridgehead atoms. The molecule has 0 aliphatic carbocycles. The van der Waals surface area contributed by atoms with Crippen molar-refractivity contribution in [1.82, 2.24) is 4.90 Å². The van der Waals surface area contributed by atoms with E-state index in [9.17, 15) is 5.11 Å². The van der Waals surface area contributed by atoms with Crippen LogP contribution >= 0.6 is 0 Å². The van der Waals surface area contributed by atoms with Gasteiger partial charge in [0.1, 0.15) is 0 Å². The molecule has 1 atom stereocenters. The SMILES string of the molecule is CC(C)CCOCCN1CCC(O)C1.